The van der Waals surface area contributed by atoms with E-state index in [1.54, 1.807) is 0 Å². The molecule has 0 amide bonds. The van der Waals surface area contributed by atoms with Crippen LogP contribution in [0.15, 0.2) is 0 Å². The Morgan fingerprint density at radius 2 is 1.32 bits per heavy atom. The summed E-state index contributed by atoms with van der Waals surface area (Å²) < 4.78 is 29.6. The molecule has 0 aromatic carbocycles. The van der Waals surface area contributed by atoms with Crippen molar-refractivity contribution in [1.82, 2.24) is 0 Å². The average Bonchev–Trinajstić information content (AvgIpc) is 2.27. The normalized spacial score (nSPS) is 35.5. The lowest BCUT2D eigenvalue weighted by Crippen LogP contribution is -2.64. The van der Waals surface area contributed by atoms with E-state index in [4.69, 9.17) is 21.2 Å². The third-order valence-electron chi connectivity index (χ3n) is 2.86. The summed E-state index contributed by atoms with van der Waals surface area (Å²) in [5, 5.41) is 0. The summed E-state index contributed by atoms with van der Waals surface area (Å²) in [4.78, 5) is 0. The Hall–Kier alpha value is 0.451. The van der Waals surface area contributed by atoms with Crippen molar-refractivity contribution in [1.29, 1.82) is 0 Å². The van der Waals surface area contributed by atoms with E-state index in [2.05, 4.69) is 13.8 Å². The van der Waals surface area contributed by atoms with Crippen LogP contribution in [0.5, 0.6) is 0 Å². The van der Waals surface area contributed by atoms with E-state index in [9.17, 15) is 0 Å². The maximum absolute atomic E-state index is 6.05. The maximum Gasteiger partial charge on any atom is 0.481 e. The van der Waals surface area contributed by atoms with E-state index in [-0.39, 0.29) is 0 Å². The van der Waals surface area contributed by atoms with Gasteiger partial charge in [-0.15, -0.1) is 0 Å². The van der Waals surface area contributed by atoms with Gasteiger partial charge in [0.05, 0.1) is 0 Å². The second-order valence-corrected chi connectivity index (χ2v) is 12.9. The van der Waals surface area contributed by atoms with Crippen molar-refractivity contribution < 1.29 is 21.2 Å². The Morgan fingerprint density at radius 1 is 0.895 bits per heavy atom. The lowest BCUT2D eigenvalue weighted by Gasteiger charge is -2.42. The van der Waals surface area contributed by atoms with Crippen molar-refractivity contribution in [2.24, 2.45) is 0 Å². The van der Waals surface area contributed by atoms with Crippen LogP contribution in [0.1, 0.15) is 39.5 Å². The molecule has 0 aromatic rings. The van der Waals surface area contributed by atoms with Crippen LogP contribution in [0.4, 0.5) is 0 Å². The minimum Gasteiger partial charge on any atom is -0.396 e. The summed E-state index contributed by atoms with van der Waals surface area (Å²) in [5.41, 5.74) is 0. The summed E-state index contributed by atoms with van der Waals surface area (Å²) in [6, 6.07) is 0. The molecule has 1 rings (SSSR count). The van der Waals surface area contributed by atoms with E-state index in [0.29, 0.717) is 13.2 Å². The van der Waals surface area contributed by atoms with Crippen LogP contribution in [-0.2, 0) is 21.2 Å². The Labute approximate surface area is 121 Å². The molecule has 1 aliphatic rings. The third-order valence-corrected chi connectivity index (χ3v) is 13.4. The molecule has 0 radical (unpaired) electrons. The van der Waals surface area contributed by atoms with Crippen LogP contribution < -0.4 is 0 Å². The van der Waals surface area contributed by atoms with Gasteiger partial charge >= 0.3 is 26.9 Å². The molecule has 1 aliphatic heterocycles. The highest BCUT2D eigenvalue weighted by atomic mass is 28.5. The first-order valence-electron chi connectivity index (χ1n) is 7.27. The number of rotatable bonds is 8. The molecular formula is C11H28O5Si3. The van der Waals surface area contributed by atoms with Gasteiger partial charge in [-0.3, -0.25) is 0 Å². The van der Waals surface area contributed by atoms with E-state index in [1.165, 1.54) is 0 Å². The topological polar surface area (TPSA) is 46.2 Å². The van der Waals surface area contributed by atoms with Crippen LogP contribution in [0.25, 0.3) is 0 Å². The molecule has 8 heteroatoms. The standard InChI is InChI=1S/C11H28O5Si3/c1-6-8-10-12-18(4)14-17(3)15-19(5,16-18)13-11-9-7-2/h17H,6-11H2,1-5H3. The highest BCUT2D eigenvalue weighted by Gasteiger charge is 2.54. The predicted octanol–water partition coefficient (Wildman–Crippen LogP) is 2.67. The molecule has 1 heterocycles. The van der Waals surface area contributed by atoms with Gasteiger partial charge in [0.15, 0.2) is 0 Å². The van der Waals surface area contributed by atoms with Gasteiger partial charge in [0.25, 0.3) is 0 Å². The van der Waals surface area contributed by atoms with E-state index in [0.717, 1.165) is 25.7 Å². The van der Waals surface area contributed by atoms with Crippen molar-refractivity contribution >= 4 is 26.9 Å². The lowest BCUT2D eigenvalue weighted by molar-refractivity contribution is 0.0683. The molecule has 1 saturated heterocycles. The molecular weight excluding hydrogens is 296 g/mol. The molecule has 2 atom stereocenters. The SMILES string of the molecule is CCCCO[Si]1(C)O[SiH](C)O[Si](C)(OCCCC)O1. The zero-order valence-corrected chi connectivity index (χ0v) is 16.0. The van der Waals surface area contributed by atoms with Crippen LogP contribution in [0.3, 0.4) is 0 Å². The van der Waals surface area contributed by atoms with Gasteiger partial charge in [-0.05, 0) is 19.4 Å². The molecule has 0 aromatic heterocycles. The minimum absolute atomic E-state index is 0.694. The molecule has 0 aliphatic carbocycles. The van der Waals surface area contributed by atoms with Crippen molar-refractivity contribution in [3.8, 4) is 0 Å². The maximum atomic E-state index is 6.05. The fourth-order valence-corrected chi connectivity index (χ4v) is 13.4. The van der Waals surface area contributed by atoms with Gasteiger partial charge < -0.3 is 21.2 Å². The van der Waals surface area contributed by atoms with Crippen LogP contribution in [-0.4, -0.2) is 40.1 Å². The summed E-state index contributed by atoms with van der Waals surface area (Å²) >= 11 is 0. The van der Waals surface area contributed by atoms with Gasteiger partial charge in [-0.25, -0.2) is 0 Å². The summed E-state index contributed by atoms with van der Waals surface area (Å²) in [6.45, 7) is 11.6. The van der Waals surface area contributed by atoms with Gasteiger partial charge in [0, 0.05) is 26.3 Å². The van der Waals surface area contributed by atoms with Gasteiger partial charge in [-0.2, -0.15) is 0 Å². The first-order valence-corrected chi connectivity index (χ1v) is 13.8. The monoisotopic (exact) mass is 324 g/mol. The zero-order chi connectivity index (χ0) is 14.4. The average molecular weight is 325 g/mol. The van der Waals surface area contributed by atoms with Crippen LogP contribution >= 0.6 is 0 Å². The molecule has 0 spiro atoms. The zero-order valence-electron chi connectivity index (χ0n) is 12.9. The fraction of sp³-hybridized carbons (Fsp3) is 1.00. The second-order valence-electron chi connectivity index (χ2n) is 5.03. The van der Waals surface area contributed by atoms with Crippen molar-refractivity contribution in [3.63, 3.8) is 0 Å². The largest absolute Gasteiger partial charge is 0.481 e. The van der Waals surface area contributed by atoms with Crippen LogP contribution in [0.2, 0.25) is 19.6 Å². The van der Waals surface area contributed by atoms with E-state index < -0.39 is 26.9 Å². The molecule has 1 fully saturated rings. The van der Waals surface area contributed by atoms with E-state index in [1.807, 2.05) is 19.6 Å². The first-order chi connectivity index (χ1) is 8.93. The Bertz CT molecular complexity index is 247. The van der Waals surface area contributed by atoms with E-state index >= 15 is 0 Å². The Kier molecular flexibility index (Phi) is 7.40. The van der Waals surface area contributed by atoms with Gasteiger partial charge in [0.1, 0.15) is 0 Å². The van der Waals surface area contributed by atoms with Gasteiger partial charge in [-0.1, -0.05) is 26.7 Å². The van der Waals surface area contributed by atoms with Crippen molar-refractivity contribution in [2.45, 2.75) is 59.2 Å². The Morgan fingerprint density at radius 3 is 1.68 bits per heavy atom. The molecule has 0 N–H and O–H groups in total. The smallest absolute Gasteiger partial charge is 0.396 e. The second kappa shape index (κ2) is 8.03. The minimum atomic E-state index is -2.56. The lowest BCUT2D eigenvalue weighted by atomic mass is 10.4. The number of unbranched alkanes of at least 4 members (excludes halogenated alkanes) is 2. The molecule has 114 valence electrons. The first kappa shape index (κ1) is 17.5. The quantitative estimate of drug-likeness (QED) is 0.507. The molecule has 0 bridgehead atoms. The highest BCUT2D eigenvalue weighted by Crippen LogP contribution is 2.27. The predicted molar refractivity (Wildman–Crippen MR) is 81.2 cm³/mol. The summed E-state index contributed by atoms with van der Waals surface area (Å²) in [6.07, 6.45) is 4.27. The molecule has 19 heavy (non-hydrogen) atoms. The summed E-state index contributed by atoms with van der Waals surface area (Å²) in [5.74, 6) is 0. The summed E-state index contributed by atoms with van der Waals surface area (Å²) in [7, 11) is -6.82. The van der Waals surface area contributed by atoms with Gasteiger partial charge in [0.2, 0.25) is 0 Å². The van der Waals surface area contributed by atoms with Crippen LogP contribution in [0, 0.1) is 0 Å². The molecule has 5 nitrogen and oxygen atoms in total. The molecule has 0 saturated carbocycles. The Balaban J connectivity index is 2.54. The van der Waals surface area contributed by atoms with Crippen molar-refractivity contribution in [3.05, 3.63) is 0 Å². The third kappa shape index (κ3) is 6.17. The number of hydrogen-bond acceptors (Lipinski definition) is 5. The fourth-order valence-electron chi connectivity index (χ4n) is 1.94. The highest BCUT2D eigenvalue weighted by molar-refractivity contribution is 6.83. The molecule has 2 unspecified atom stereocenters. The number of hydrogen-bond donors (Lipinski definition) is 0. The van der Waals surface area contributed by atoms with Crippen molar-refractivity contribution in [2.75, 3.05) is 13.2 Å².